The zero-order chi connectivity index (χ0) is 19.2. The summed E-state index contributed by atoms with van der Waals surface area (Å²) in [4.78, 5) is 20.7. The molecule has 1 aromatic heterocycles. The van der Waals surface area contributed by atoms with Gasteiger partial charge in [-0.3, -0.25) is 4.79 Å². The van der Waals surface area contributed by atoms with Gasteiger partial charge in [0.05, 0.1) is 11.6 Å². The number of hydrogen-bond acceptors (Lipinski definition) is 5. The molecule has 2 N–H and O–H groups in total. The van der Waals surface area contributed by atoms with Crippen LogP contribution in [0.5, 0.6) is 0 Å². The summed E-state index contributed by atoms with van der Waals surface area (Å²) in [6.45, 7) is 4.24. The maximum atomic E-state index is 12.5. The largest absolute Gasteiger partial charge is 0.340 e. The van der Waals surface area contributed by atoms with Crippen LogP contribution in [-0.2, 0) is 0 Å². The topological polar surface area (TPSA) is 90.7 Å². The second-order valence-electron chi connectivity index (χ2n) is 6.30. The summed E-state index contributed by atoms with van der Waals surface area (Å²) >= 11 is 0. The number of nitrogens with one attached hydrogen (secondary N) is 2. The SMILES string of the molecule is CC(C)c1ccccc1Nc1cc(C(=O)Nc2ccc(C#N)cc2)ncn1. The first kappa shape index (κ1) is 18.1. The predicted octanol–water partition coefficient (Wildman–Crippen LogP) is 4.47. The van der Waals surface area contributed by atoms with Crippen molar-refractivity contribution in [2.45, 2.75) is 19.8 Å². The van der Waals surface area contributed by atoms with Gasteiger partial charge in [0, 0.05) is 17.4 Å². The number of carbonyl (C=O) groups is 1. The van der Waals surface area contributed by atoms with E-state index in [4.69, 9.17) is 5.26 Å². The molecule has 0 saturated carbocycles. The van der Waals surface area contributed by atoms with Crippen molar-refractivity contribution in [1.29, 1.82) is 5.26 Å². The fraction of sp³-hybridized carbons (Fsp3) is 0.143. The number of hydrogen-bond donors (Lipinski definition) is 2. The lowest BCUT2D eigenvalue weighted by Gasteiger charge is -2.14. The van der Waals surface area contributed by atoms with Crippen LogP contribution in [0.4, 0.5) is 17.2 Å². The smallest absolute Gasteiger partial charge is 0.274 e. The molecule has 0 aliphatic carbocycles. The van der Waals surface area contributed by atoms with Gasteiger partial charge in [-0.2, -0.15) is 5.26 Å². The molecule has 0 aliphatic heterocycles. The van der Waals surface area contributed by atoms with Crippen molar-refractivity contribution < 1.29 is 4.79 Å². The molecule has 0 spiro atoms. The molecule has 0 saturated heterocycles. The van der Waals surface area contributed by atoms with Gasteiger partial charge in [0.15, 0.2) is 0 Å². The Hall–Kier alpha value is -3.72. The summed E-state index contributed by atoms with van der Waals surface area (Å²) in [5.74, 6) is 0.556. The summed E-state index contributed by atoms with van der Waals surface area (Å²) in [5, 5.41) is 14.9. The minimum absolute atomic E-state index is 0.249. The summed E-state index contributed by atoms with van der Waals surface area (Å²) in [6.07, 6.45) is 1.36. The number of carbonyl (C=O) groups excluding carboxylic acids is 1. The minimum atomic E-state index is -0.345. The Morgan fingerprint density at radius 1 is 1.07 bits per heavy atom. The van der Waals surface area contributed by atoms with Gasteiger partial charge >= 0.3 is 0 Å². The predicted molar refractivity (Wildman–Crippen MR) is 105 cm³/mol. The molecule has 0 atom stereocenters. The maximum absolute atomic E-state index is 12.5. The normalized spacial score (nSPS) is 10.3. The molecule has 0 aliphatic rings. The molecule has 6 heteroatoms. The molecule has 3 aromatic rings. The summed E-state index contributed by atoms with van der Waals surface area (Å²) in [5.41, 5.74) is 3.49. The van der Waals surface area contributed by atoms with Gasteiger partial charge in [0.2, 0.25) is 0 Å². The van der Waals surface area contributed by atoms with Gasteiger partial charge in [-0.25, -0.2) is 9.97 Å². The van der Waals surface area contributed by atoms with Crippen LogP contribution in [-0.4, -0.2) is 15.9 Å². The highest BCUT2D eigenvalue weighted by atomic mass is 16.1. The molecule has 0 radical (unpaired) electrons. The summed E-state index contributed by atoms with van der Waals surface area (Å²) in [6, 6.07) is 18.3. The van der Waals surface area contributed by atoms with E-state index in [0.717, 1.165) is 5.69 Å². The zero-order valence-electron chi connectivity index (χ0n) is 15.1. The van der Waals surface area contributed by atoms with Crippen LogP contribution < -0.4 is 10.6 Å². The molecular formula is C21H19N5O. The van der Waals surface area contributed by atoms with Crippen molar-refractivity contribution in [3.05, 3.63) is 77.7 Å². The summed E-state index contributed by atoms with van der Waals surface area (Å²) < 4.78 is 0. The van der Waals surface area contributed by atoms with E-state index in [0.29, 0.717) is 23.0 Å². The van der Waals surface area contributed by atoms with Gasteiger partial charge in [-0.05, 0) is 41.8 Å². The van der Waals surface area contributed by atoms with Gasteiger partial charge in [0.25, 0.3) is 5.91 Å². The Morgan fingerprint density at radius 2 is 1.81 bits per heavy atom. The number of aromatic nitrogens is 2. The van der Waals surface area contributed by atoms with Gasteiger partial charge < -0.3 is 10.6 Å². The lowest BCUT2D eigenvalue weighted by Crippen LogP contribution is -2.14. The molecule has 1 amide bonds. The highest BCUT2D eigenvalue weighted by Gasteiger charge is 2.11. The van der Waals surface area contributed by atoms with E-state index in [1.54, 1.807) is 30.3 Å². The van der Waals surface area contributed by atoms with Crippen LogP contribution in [0.3, 0.4) is 0 Å². The molecular weight excluding hydrogens is 338 g/mol. The van der Waals surface area contributed by atoms with Crippen molar-refractivity contribution in [3.63, 3.8) is 0 Å². The van der Waals surface area contributed by atoms with Crippen molar-refractivity contribution in [1.82, 2.24) is 9.97 Å². The van der Waals surface area contributed by atoms with Crippen LogP contribution in [0.15, 0.2) is 60.9 Å². The first-order valence-corrected chi connectivity index (χ1v) is 8.56. The number of nitrogens with zero attached hydrogens (tertiary/aromatic N) is 3. The monoisotopic (exact) mass is 357 g/mol. The second-order valence-corrected chi connectivity index (χ2v) is 6.30. The molecule has 134 valence electrons. The maximum Gasteiger partial charge on any atom is 0.274 e. The van der Waals surface area contributed by atoms with E-state index in [1.165, 1.54) is 11.9 Å². The van der Waals surface area contributed by atoms with E-state index in [1.807, 2.05) is 24.3 Å². The average Bonchev–Trinajstić information content (AvgIpc) is 2.69. The molecule has 0 fully saturated rings. The number of amides is 1. The van der Waals surface area contributed by atoms with Gasteiger partial charge in [-0.1, -0.05) is 32.0 Å². The Kier molecular flexibility index (Phi) is 5.43. The molecule has 27 heavy (non-hydrogen) atoms. The van der Waals surface area contributed by atoms with Crippen LogP contribution in [0.1, 0.15) is 41.4 Å². The second kappa shape index (κ2) is 8.11. The van der Waals surface area contributed by atoms with Crippen molar-refractivity contribution in [3.8, 4) is 6.07 Å². The third-order valence-corrected chi connectivity index (χ3v) is 4.02. The first-order valence-electron chi connectivity index (χ1n) is 8.56. The lowest BCUT2D eigenvalue weighted by atomic mass is 10.0. The minimum Gasteiger partial charge on any atom is -0.340 e. The number of benzene rings is 2. The molecule has 0 bridgehead atoms. The number of anilines is 3. The molecule has 1 heterocycles. The van der Waals surface area contributed by atoms with Crippen molar-refractivity contribution in [2.75, 3.05) is 10.6 Å². The van der Waals surface area contributed by atoms with Gasteiger partial charge in [-0.15, -0.1) is 0 Å². The fourth-order valence-corrected chi connectivity index (χ4v) is 2.63. The quantitative estimate of drug-likeness (QED) is 0.703. The standard InChI is InChI=1S/C21H19N5O/c1-14(2)17-5-3-4-6-18(17)26-20-11-19(23-13-24-20)21(27)25-16-9-7-15(12-22)8-10-16/h3-11,13-14H,1-2H3,(H,25,27)(H,23,24,26). The molecule has 0 unspecified atom stereocenters. The van der Waals surface area contributed by atoms with Crippen molar-refractivity contribution in [2.24, 2.45) is 0 Å². The van der Waals surface area contributed by atoms with Crippen LogP contribution in [0.25, 0.3) is 0 Å². The van der Waals surface area contributed by atoms with E-state index < -0.39 is 0 Å². The number of para-hydroxylation sites is 1. The highest BCUT2D eigenvalue weighted by Crippen LogP contribution is 2.26. The highest BCUT2D eigenvalue weighted by molar-refractivity contribution is 6.03. The van der Waals surface area contributed by atoms with E-state index in [2.05, 4.69) is 40.5 Å². The number of rotatable bonds is 5. The Morgan fingerprint density at radius 3 is 2.52 bits per heavy atom. The molecule has 2 aromatic carbocycles. The fourth-order valence-electron chi connectivity index (χ4n) is 2.63. The first-order chi connectivity index (χ1) is 13.1. The van der Waals surface area contributed by atoms with Crippen LogP contribution in [0, 0.1) is 11.3 Å². The van der Waals surface area contributed by atoms with Crippen LogP contribution >= 0.6 is 0 Å². The molecule has 3 rings (SSSR count). The summed E-state index contributed by atoms with van der Waals surface area (Å²) in [7, 11) is 0. The van der Waals surface area contributed by atoms with Gasteiger partial charge in [0.1, 0.15) is 17.8 Å². The third kappa shape index (κ3) is 4.47. The Balaban J connectivity index is 1.77. The third-order valence-electron chi connectivity index (χ3n) is 4.02. The zero-order valence-corrected chi connectivity index (χ0v) is 15.1. The van der Waals surface area contributed by atoms with Crippen LogP contribution in [0.2, 0.25) is 0 Å². The number of nitriles is 1. The molecule has 6 nitrogen and oxygen atoms in total. The Labute approximate surface area is 157 Å². The lowest BCUT2D eigenvalue weighted by molar-refractivity contribution is 0.102. The van der Waals surface area contributed by atoms with Crippen molar-refractivity contribution >= 4 is 23.1 Å². The van der Waals surface area contributed by atoms with E-state index in [9.17, 15) is 4.79 Å². The average molecular weight is 357 g/mol. The Bertz CT molecular complexity index is 990. The van der Waals surface area contributed by atoms with E-state index >= 15 is 0 Å². The van der Waals surface area contributed by atoms with E-state index in [-0.39, 0.29) is 11.6 Å².